The van der Waals surface area contributed by atoms with Crippen LogP contribution in [0.4, 0.5) is 0 Å². The van der Waals surface area contributed by atoms with E-state index < -0.39 is 8.25 Å². The first-order valence-corrected chi connectivity index (χ1v) is 8.00. The molecule has 0 amide bonds. The fourth-order valence-electron chi connectivity index (χ4n) is 2.55. The second kappa shape index (κ2) is 7.12. The molecule has 1 N–H and O–H groups in total. The van der Waals surface area contributed by atoms with Crippen molar-refractivity contribution in [2.24, 2.45) is 17.3 Å². The normalized spacial score (nSPS) is 26.4. The quantitative estimate of drug-likeness (QED) is 0.460. The van der Waals surface area contributed by atoms with E-state index in [4.69, 9.17) is 4.89 Å². The third-order valence-corrected chi connectivity index (χ3v) is 4.08. The van der Waals surface area contributed by atoms with Crippen LogP contribution < -0.4 is 0 Å². The van der Waals surface area contributed by atoms with E-state index in [1.54, 1.807) is 6.08 Å². The Bertz CT molecular complexity index is 408. The Morgan fingerprint density at radius 2 is 2.21 bits per heavy atom. The van der Waals surface area contributed by atoms with Gasteiger partial charge in [-0.1, -0.05) is 44.6 Å². The Morgan fingerprint density at radius 3 is 2.79 bits per heavy atom. The maximum Gasteiger partial charge on any atom is 0.364 e. The fourth-order valence-corrected chi connectivity index (χ4v) is 2.75. The van der Waals surface area contributed by atoms with Gasteiger partial charge in [0.1, 0.15) is 0 Å². The molecule has 0 saturated carbocycles. The van der Waals surface area contributed by atoms with Gasteiger partial charge < -0.3 is 9.42 Å². The molecule has 0 radical (unpaired) electrons. The van der Waals surface area contributed by atoms with Crippen molar-refractivity contribution in [3.05, 3.63) is 36.1 Å². The standard InChI is InChI=1S/C15H25O3P/c1-12(9-11-18-19(16)17)7-8-14-13(2)6-5-10-15(14,3)4/h6-9,11-12,14,19H,5,10H2,1-4H3,(H,16,17). The van der Waals surface area contributed by atoms with Gasteiger partial charge in [-0.3, -0.25) is 0 Å². The number of hydrogen-bond acceptors (Lipinski definition) is 2. The summed E-state index contributed by atoms with van der Waals surface area (Å²) in [4.78, 5) is 8.55. The molecule has 3 unspecified atom stereocenters. The summed E-state index contributed by atoms with van der Waals surface area (Å²) in [6.07, 6.45) is 12.2. The molecular weight excluding hydrogens is 259 g/mol. The molecule has 0 heterocycles. The first-order chi connectivity index (χ1) is 8.83. The molecule has 19 heavy (non-hydrogen) atoms. The van der Waals surface area contributed by atoms with Gasteiger partial charge in [0, 0.05) is 5.92 Å². The van der Waals surface area contributed by atoms with E-state index >= 15 is 0 Å². The van der Waals surface area contributed by atoms with Crippen LogP contribution in [0.25, 0.3) is 0 Å². The van der Waals surface area contributed by atoms with Crippen molar-refractivity contribution in [1.29, 1.82) is 0 Å². The minimum atomic E-state index is -2.86. The summed E-state index contributed by atoms with van der Waals surface area (Å²) in [7, 11) is -2.86. The molecule has 0 aromatic heterocycles. The molecule has 3 atom stereocenters. The van der Waals surface area contributed by atoms with Gasteiger partial charge >= 0.3 is 8.25 Å². The van der Waals surface area contributed by atoms with Gasteiger partial charge in [0.25, 0.3) is 0 Å². The number of rotatable bonds is 5. The topological polar surface area (TPSA) is 46.5 Å². The predicted molar refractivity (Wildman–Crippen MR) is 80.0 cm³/mol. The van der Waals surface area contributed by atoms with Gasteiger partial charge in [0.2, 0.25) is 0 Å². The molecule has 0 fully saturated rings. The molecule has 0 aromatic rings. The zero-order valence-electron chi connectivity index (χ0n) is 12.2. The zero-order valence-corrected chi connectivity index (χ0v) is 13.2. The van der Waals surface area contributed by atoms with Crippen molar-refractivity contribution in [3.8, 4) is 0 Å². The maximum atomic E-state index is 10.4. The molecule has 0 aromatic carbocycles. The third kappa shape index (κ3) is 5.38. The van der Waals surface area contributed by atoms with Crippen molar-refractivity contribution in [1.82, 2.24) is 0 Å². The van der Waals surface area contributed by atoms with E-state index in [-0.39, 0.29) is 5.92 Å². The molecule has 0 spiro atoms. The highest BCUT2D eigenvalue weighted by molar-refractivity contribution is 7.32. The predicted octanol–water partition coefficient (Wildman–Crippen LogP) is 4.47. The van der Waals surface area contributed by atoms with Gasteiger partial charge in [-0.25, -0.2) is 4.57 Å². The van der Waals surface area contributed by atoms with E-state index in [1.165, 1.54) is 18.3 Å². The van der Waals surface area contributed by atoms with Crippen LogP contribution >= 0.6 is 8.25 Å². The average molecular weight is 284 g/mol. The van der Waals surface area contributed by atoms with Crippen molar-refractivity contribution in [3.63, 3.8) is 0 Å². The van der Waals surface area contributed by atoms with E-state index in [0.29, 0.717) is 11.3 Å². The Labute approximate surface area is 117 Å². The van der Waals surface area contributed by atoms with E-state index in [2.05, 4.69) is 43.5 Å². The Balaban J connectivity index is 2.64. The SMILES string of the molecule is CC1=CCCC(C)(C)C1C=CC(C)C=CO[PH](=O)O. The van der Waals surface area contributed by atoms with Gasteiger partial charge in [-0.05, 0) is 37.2 Å². The highest BCUT2D eigenvalue weighted by Crippen LogP contribution is 2.41. The van der Waals surface area contributed by atoms with Crippen LogP contribution in [0.1, 0.15) is 40.5 Å². The lowest BCUT2D eigenvalue weighted by Crippen LogP contribution is -2.26. The minimum Gasteiger partial charge on any atom is -0.435 e. The third-order valence-electron chi connectivity index (χ3n) is 3.75. The Kier molecular flexibility index (Phi) is 6.09. The lowest BCUT2D eigenvalue weighted by Gasteiger charge is -2.36. The fraction of sp³-hybridized carbons (Fsp3) is 0.600. The summed E-state index contributed by atoms with van der Waals surface area (Å²) in [5.74, 6) is 0.655. The van der Waals surface area contributed by atoms with Crippen LogP contribution in [-0.4, -0.2) is 4.89 Å². The van der Waals surface area contributed by atoms with Crippen LogP contribution in [0.3, 0.4) is 0 Å². The van der Waals surface area contributed by atoms with E-state index in [1.807, 2.05) is 6.92 Å². The molecule has 0 aliphatic heterocycles. The van der Waals surface area contributed by atoms with Crippen molar-refractivity contribution < 1.29 is 14.0 Å². The van der Waals surface area contributed by atoms with Gasteiger partial charge in [-0.2, -0.15) is 0 Å². The summed E-state index contributed by atoms with van der Waals surface area (Å²) in [6, 6.07) is 0. The van der Waals surface area contributed by atoms with Gasteiger partial charge in [-0.15, -0.1) is 0 Å². The monoisotopic (exact) mass is 284 g/mol. The maximum absolute atomic E-state index is 10.4. The molecule has 0 bridgehead atoms. The smallest absolute Gasteiger partial charge is 0.364 e. The summed E-state index contributed by atoms with van der Waals surface area (Å²) < 4.78 is 14.9. The lowest BCUT2D eigenvalue weighted by atomic mass is 9.68. The zero-order chi connectivity index (χ0) is 14.5. The highest BCUT2D eigenvalue weighted by atomic mass is 31.1. The number of allylic oxidation sites excluding steroid dienone is 5. The van der Waals surface area contributed by atoms with Crippen LogP contribution in [-0.2, 0) is 9.09 Å². The largest absolute Gasteiger partial charge is 0.435 e. The first-order valence-electron chi connectivity index (χ1n) is 6.74. The van der Waals surface area contributed by atoms with Crippen LogP contribution in [0, 0.1) is 17.3 Å². The first kappa shape index (κ1) is 16.3. The van der Waals surface area contributed by atoms with E-state index in [0.717, 1.165) is 6.42 Å². The van der Waals surface area contributed by atoms with Gasteiger partial charge in [0.05, 0.1) is 6.26 Å². The Hall–Kier alpha value is -0.790. The summed E-state index contributed by atoms with van der Waals surface area (Å²) in [6.45, 7) is 8.83. The molecule has 1 aliphatic carbocycles. The van der Waals surface area contributed by atoms with Crippen LogP contribution in [0.15, 0.2) is 36.1 Å². The number of hydrogen-bond donors (Lipinski definition) is 1. The molecule has 1 rings (SSSR count). The molecule has 1 aliphatic rings. The summed E-state index contributed by atoms with van der Waals surface area (Å²) >= 11 is 0. The molecule has 3 nitrogen and oxygen atoms in total. The van der Waals surface area contributed by atoms with Gasteiger partial charge in [0.15, 0.2) is 0 Å². The molecule has 108 valence electrons. The highest BCUT2D eigenvalue weighted by Gasteiger charge is 2.30. The minimum absolute atomic E-state index is 0.187. The van der Waals surface area contributed by atoms with Crippen molar-refractivity contribution in [2.75, 3.05) is 0 Å². The molecular formula is C15H25O3P. The van der Waals surface area contributed by atoms with Crippen molar-refractivity contribution >= 4 is 8.25 Å². The average Bonchev–Trinajstić information content (AvgIpc) is 2.26. The second-order valence-electron chi connectivity index (χ2n) is 5.91. The van der Waals surface area contributed by atoms with Crippen LogP contribution in [0.2, 0.25) is 0 Å². The Morgan fingerprint density at radius 1 is 1.53 bits per heavy atom. The van der Waals surface area contributed by atoms with Crippen LogP contribution in [0.5, 0.6) is 0 Å². The molecule has 4 heteroatoms. The molecule has 0 saturated heterocycles. The summed E-state index contributed by atoms with van der Waals surface area (Å²) in [5, 5.41) is 0. The van der Waals surface area contributed by atoms with Crippen molar-refractivity contribution in [2.45, 2.75) is 40.5 Å². The second-order valence-corrected chi connectivity index (χ2v) is 6.68. The lowest BCUT2D eigenvalue weighted by molar-refractivity contribution is 0.255. The van der Waals surface area contributed by atoms with E-state index in [9.17, 15) is 4.57 Å². The summed E-state index contributed by atoms with van der Waals surface area (Å²) in [5.41, 5.74) is 1.73.